The summed E-state index contributed by atoms with van der Waals surface area (Å²) >= 11 is 0. The van der Waals surface area contributed by atoms with Gasteiger partial charge >= 0.3 is 0 Å². The van der Waals surface area contributed by atoms with Gasteiger partial charge in [-0.15, -0.1) is 0 Å². The first-order chi connectivity index (χ1) is 9.41. The largest absolute Gasteiger partial charge is 0.494 e. The van der Waals surface area contributed by atoms with Crippen LogP contribution >= 0.6 is 0 Å². The Bertz CT molecular complexity index is 546. The fourth-order valence-electron chi connectivity index (χ4n) is 2.28. The van der Waals surface area contributed by atoms with Crippen molar-refractivity contribution >= 4 is 16.0 Å². The second kappa shape index (κ2) is 5.92. The summed E-state index contributed by atoms with van der Waals surface area (Å²) in [5, 5.41) is 0. The molecule has 0 saturated carbocycles. The molecule has 0 amide bonds. The van der Waals surface area contributed by atoms with Crippen LogP contribution in [0.4, 0.5) is 5.95 Å². The predicted molar refractivity (Wildman–Crippen MR) is 76.4 cm³/mol. The van der Waals surface area contributed by atoms with Crippen LogP contribution in [0, 0.1) is 0 Å². The van der Waals surface area contributed by atoms with Gasteiger partial charge in [0.15, 0.2) is 5.75 Å². The van der Waals surface area contributed by atoms with Gasteiger partial charge in [-0.2, -0.15) is 0 Å². The maximum absolute atomic E-state index is 11.6. The lowest BCUT2D eigenvalue weighted by molar-refractivity contribution is 0.320. The number of aromatic nitrogens is 2. The summed E-state index contributed by atoms with van der Waals surface area (Å²) in [6.45, 7) is 1.44. The summed E-state index contributed by atoms with van der Waals surface area (Å²) in [6, 6.07) is -0.0375. The Morgan fingerprint density at radius 3 is 2.60 bits per heavy atom. The fraction of sp³-hybridized carbons (Fsp3) is 0.667. The Kier molecular flexibility index (Phi) is 4.44. The standard InChI is InChI=1S/C12H20N4O3S/c1-15(20(3,17)18)10-5-4-6-16(9-10)12-13-7-11(19-2)8-14-12/h7-8,10H,4-6,9H2,1-3H3. The Labute approximate surface area is 119 Å². The minimum absolute atomic E-state index is 0.0375. The molecule has 1 aliphatic rings. The van der Waals surface area contributed by atoms with Gasteiger partial charge in [-0.05, 0) is 12.8 Å². The molecule has 0 radical (unpaired) electrons. The van der Waals surface area contributed by atoms with Gasteiger partial charge in [0.2, 0.25) is 16.0 Å². The molecule has 2 rings (SSSR count). The van der Waals surface area contributed by atoms with Crippen LogP contribution in [0.2, 0.25) is 0 Å². The molecule has 1 saturated heterocycles. The summed E-state index contributed by atoms with van der Waals surface area (Å²) in [5.41, 5.74) is 0. The number of hydrogen-bond acceptors (Lipinski definition) is 6. The molecule has 1 aliphatic heterocycles. The Balaban J connectivity index is 2.10. The average Bonchev–Trinajstić information content (AvgIpc) is 2.46. The van der Waals surface area contributed by atoms with Crippen LogP contribution in [-0.4, -0.2) is 62.2 Å². The summed E-state index contributed by atoms with van der Waals surface area (Å²) in [7, 11) is 0.0163. The Morgan fingerprint density at radius 1 is 1.40 bits per heavy atom. The maximum Gasteiger partial charge on any atom is 0.225 e. The van der Waals surface area contributed by atoms with Crippen molar-refractivity contribution < 1.29 is 13.2 Å². The molecule has 1 aromatic rings. The highest BCUT2D eigenvalue weighted by Crippen LogP contribution is 2.21. The van der Waals surface area contributed by atoms with Crippen LogP contribution in [0.1, 0.15) is 12.8 Å². The molecule has 0 N–H and O–H groups in total. The molecule has 1 aromatic heterocycles. The molecule has 1 atom stereocenters. The third-order valence-electron chi connectivity index (χ3n) is 3.57. The lowest BCUT2D eigenvalue weighted by Gasteiger charge is -2.36. The molecular formula is C12H20N4O3S. The Morgan fingerprint density at radius 2 is 2.05 bits per heavy atom. The van der Waals surface area contributed by atoms with Crippen LogP contribution in [0.15, 0.2) is 12.4 Å². The summed E-state index contributed by atoms with van der Waals surface area (Å²) < 4.78 is 29.7. The minimum Gasteiger partial charge on any atom is -0.494 e. The summed E-state index contributed by atoms with van der Waals surface area (Å²) in [6.07, 6.45) is 6.24. The predicted octanol–water partition coefficient (Wildman–Crippen LogP) is 0.345. The van der Waals surface area contributed by atoms with E-state index < -0.39 is 10.0 Å². The highest BCUT2D eigenvalue weighted by atomic mass is 32.2. The number of methoxy groups -OCH3 is 1. The number of sulfonamides is 1. The zero-order valence-corrected chi connectivity index (χ0v) is 12.8. The summed E-state index contributed by atoms with van der Waals surface area (Å²) in [4.78, 5) is 10.5. The molecule has 0 spiro atoms. The van der Waals surface area contributed by atoms with E-state index in [1.54, 1.807) is 26.6 Å². The molecule has 0 aliphatic carbocycles. The van der Waals surface area contributed by atoms with Crippen molar-refractivity contribution in [2.75, 3.05) is 38.4 Å². The van der Waals surface area contributed by atoms with Crippen molar-refractivity contribution in [3.05, 3.63) is 12.4 Å². The van der Waals surface area contributed by atoms with Gasteiger partial charge in [0.05, 0.1) is 25.8 Å². The van der Waals surface area contributed by atoms with E-state index in [1.165, 1.54) is 10.6 Å². The van der Waals surface area contributed by atoms with E-state index in [4.69, 9.17) is 4.74 Å². The maximum atomic E-state index is 11.6. The van der Waals surface area contributed by atoms with Crippen LogP contribution in [0.3, 0.4) is 0 Å². The van der Waals surface area contributed by atoms with Gasteiger partial charge in [-0.1, -0.05) is 0 Å². The second-order valence-corrected chi connectivity index (χ2v) is 6.99. The first kappa shape index (κ1) is 15.0. The average molecular weight is 300 g/mol. The minimum atomic E-state index is -3.17. The zero-order chi connectivity index (χ0) is 14.8. The SMILES string of the molecule is COc1cnc(N2CCCC(N(C)S(C)(=O)=O)C2)nc1. The first-order valence-corrected chi connectivity index (χ1v) is 8.30. The number of hydrogen-bond donors (Lipinski definition) is 0. The topological polar surface area (TPSA) is 75.6 Å². The fourth-order valence-corrected chi connectivity index (χ4v) is 3.00. The molecule has 0 bridgehead atoms. The van der Waals surface area contributed by atoms with Gasteiger partial charge in [-0.3, -0.25) is 0 Å². The van der Waals surface area contributed by atoms with Crippen molar-refractivity contribution in [1.29, 1.82) is 0 Å². The van der Waals surface area contributed by atoms with Crippen LogP contribution < -0.4 is 9.64 Å². The number of likely N-dealkylation sites (N-methyl/N-ethyl adjacent to an activating group) is 1. The van der Waals surface area contributed by atoms with Crippen LogP contribution in [-0.2, 0) is 10.0 Å². The van der Waals surface area contributed by atoms with E-state index in [0.29, 0.717) is 18.2 Å². The van der Waals surface area contributed by atoms with Crippen molar-refractivity contribution in [3.8, 4) is 5.75 Å². The van der Waals surface area contributed by atoms with Gasteiger partial charge in [0, 0.05) is 26.2 Å². The van der Waals surface area contributed by atoms with Gasteiger partial charge < -0.3 is 9.64 Å². The van der Waals surface area contributed by atoms with E-state index in [-0.39, 0.29) is 6.04 Å². The number of rotatable bonds is 4. The summed E-state index contributed by atoms with van der Waals surface area (Å²) in [5.74, 6) is 1.22. The highest BCUT2D eigenvalue weighted by molar-refractivity contribution is 7.88. The molecule has 1 unspecified atom stereocenters. The zero-order valence-electron chi connectivity index (χ0n) is 12.0. The van der Waals surface area contributed by atoms with Gasteiger partial charge in [0.25, 0.3) is 0 Å². The van der Waals surface area contributed by atoms with E-state index in [1.807, 2.05) is 4.90 Å². The van der Waals surface area contributed by atoms with Crippen molar-refractivity contribution in [2.45, 2.75) is 18.9 Å². The van der Waals surface area contributed by atoms with Crippen molar-refractivity contribution in [1.82, 2.24) is 14.3 Å². The van der Waals surface area contributed by atoms with E-state index >= 15 is 0 Å². The molecule has 2 heterocycles. The Hall–Kier alpha value is -1.41. The normalized spacial score (nSPS) is 20.2. The van der Waals surface area contributed by atoms with E-state index in [9.17, 15) is 8.42 Å². The molecule has 7 nitrogen and oxygen atoms in total. The molecule has 20 heavy (non-hydrogen) atoms. The number of piperidine rings is 1. The van der Waals surface area contributed by atoms with Crippen LogP contribution in [0.5, 0.6) is 5.75 Å². The van der Waals surface area contributed by atoms with Gasteiger partial charge in [0.1, 0.15) is 0 Å². The van der Waals surface area contributed by atoms with Crippen molar-refractivity contribution in [2.24, 2.45) is 0 Å². The molecular weight excluding hydrogens is 280 g/mol. The third-order valence-corrected chi connectivity index (χ3v) is 4.91. The molecule has 1 fully saturated rings. The first-order valence-electron chi connectivity index (χ1n) is 6.46. The van der Waals surface area contributed by atoms with Crippen molar-refractivity contribution in [3.63, 3.8) is 0 Å². The van der Waals surface area contributed by atoms with Crippen LogP contribution in [0.25, 0.3) is 0 Å². The lowest BCUT2D eigenvalue weighted by Crippen LogP contribution is -2.48. The quantitative estimate of drug-likeness (QED) is 0.798. The molecule has 112 valence electrons. The monoisotopic (exact) mass is 300 g/mol. The van der Waals surface area contributed by atoms with E-state index in [2.05, 4.69) is 9.97 Å². The smallest absolute Gasteiger partial charge is 0.225 e. The number of nitrogens with zero attached hydrogens (tertiary/aromatic N) is 4. The number of anilines is 1. The molecule has 0 aromatic carbocycles. The highest BCUT2D eigenvalue weighted by Gasteiger charge is 2.28. The van der Waals surface area contributed by atoms with E-state index in [0.717, 1.165) is 19.4 Å². The van der Waals surface area contributed by atoms with Gasteiger partial charge in [-0.25, -0.2) is 22.7 Å². The second-order valence-electron chi connectivity index (χ2n) is 4.94. The number of ether oxygens (including phenoxy) is 1. The molecule has 8 heteroatoms. The third kappa shape index (κ3) is 3.37. The lowest BCUT2D eigenvalue weighted by atomic mass is 10.1.